The summed E-state index contributed by atoms with van der Waals surface area (Å²) in [7, 11) is 1.31. The first-order valence-corrected chi connectivity index (χ1v) is 8.80. The second kappa shape index (κ2) is 6.78. The molecule has 0 spiro atoms. The van der Waals surface area contributed by atoms with Crippen molar-refractivity contribution in [3.05, 3.63) is 34.4 Å². The molecule has 0 aliphatic heterocycles. The number of ether oxygens (including phenoxy) is 1. The van der Waals surface area contributed by atoms with Crippen LogP contribution in [0.2, 0.25) is 0 Å². The average Bonchev–Trinajstić information content (AvgIpc) is 3.26. The SMILES string of the molecule is COC(=O)c1ccc([C@H](C)Sc2nnc(-c3sc(C)nc3C)o2)o1. The fraction of sp³-hybridized carbons (Fsp3) is 0.333. The fourth-order valence-corrected chi connectivity index (χ4v) is 3.67. The molecule has 3 rings (SSSR count). The van der Waals surface area contributed by atoms with Gasteiger partial charge >= 0.3 is 5.97 Å². The number of thioether (sulfide) groups is 1. The summed E-state index contributed by atoms with van der Waals surface area (Å²) in [6.45, 7) is 5.78. The van der Waals surface area contributed by atoms with Crippen LogP contribution in [-0.2, 0) is 4.74 Å². The van der Waals surface area contributed by atoms with Gasteiger partial charge in [0, 0.05) is 0 Å². The van der Waals surface area contributed by atoms with Crippen molar-refractivity contribution in [2.45, 2.75) is 31.2 Å². The van der Waals surface area contributed by atoms with Gasteiger partial charge in [0.25, 0.3) is 11.1 Å². The average molecular weight is 365 g/mol. The summed E-state index contributed by atoms with van der Waals surface area (Å²) < 4.78 is 15.8. The number of hydrogen-bond acceptors (Lipinski definition) is 9. The number of aryl methyl sites for hydroxylation is 2. The van der Waals surface area contributed by atoms with E-state index in [-0.39, 0.29) is 11.0 Å². The van der Waals surface area contributed by atoms with E-state index in [1.54, 1.807) is 12.1 Å². The Hall–Kier alpha value is -2.13. The van der Waals surface area contributed by atoms with Gasteiger partial charge in [-0.15, -0.1) is 21.5 Å². The lowest BCUT2D eigenvalue weighted by Crippen LogP contribution is -1.98. The number of hydrogen-bond donors (Lipinski definition) is 0. The number of carbonyl (C=O) groups excluding carboxylic acids is 1. The van der Waals surface area contributed by atoms with Crippen molar-refractivity contribution in [3.63, 3.8) is 0 Å². The molecule has 9 heteroatoms. The maximum atomic E-state index is 11.4. The Morgan fingerprint density at radius 2 is 2.08 bits per heavy atom. The maximum Gasteiger partial charge on any atom is 0.373 e. The molecule has 0 saturated carbocycles. The number of carbonyl (C=O) groups is 1. The van der Waals surface area contributed by atoms with E-state index in [0.717, 1.165) is 15.6 Å². The summed E-state index contributed by atoms with van der Waals surface area (Å²) in [5, 5.41) is 9.43. The van der Waals surface area contributed by atoms with E-state index >= 15 is 0 Å². The molecule has 0 aliphatic carbocycles. The second-order valence-electron chi connectivity index (χ2n) is 4.97. The van der Waals surface area contributed by atoms with Crippen LogP contribution < -0.4 is 0 Å². The summed E-state index contributed by atoms with van der Waals surface area (Å²) in [4.78, 5) is 16.7. The van der Waals surface area contributed by atoms with Crippen LogP contribution in [-0.4, -0.2) is 28.3 Å². The van der Waals surface area contributed by atoms with Crippen molar-refractivity contribution in [3.8, 4) is 10.8 Å². The smallest absolute Gasteiger partial charge is 0.373 e. The highest BCUT2D eigenvalue weighted by Gasteiger charge is 2.20. The molecular weight excluding hydrogens is 350 g/mol. The number of rotatable bonds is 5. The van der Waals surface area contributed by atoms with Gasteiger partial charge in [-0.05, 0) is 32.9 Å². The minimum Gasteiger partial charge on any atom is -0.463 e. The van der Waals surface area contributed by atoms with Crippen molar-refractivity contribution in [2.75, 3.05) is 7.11 Å². The van der Waals surface area contributed by atoms with Crippen molar-refractivity contribution < 1.29 is 18.4 Å². The number of methoxy groups -OCH3 is 1. The molecule has 0 N–H and O–H groups in total. The number of furan rings is 1. The third-order valence-electron chi connectivity index (χ3n) is 3.20. The quantitative estimate of drug-likeness (QED) is 0.494. The third-order valence-corrected chi connectivity index (χ3v) is 5.21. The molecule has 3 aromatic heterocycles. The molecule has 0 amide bonds. The molecule has 0 aliphatic rings. The molecule has 24 heavy (non-hydrogen) atoms. The standard InChI is InChI=1S/C15H15N3O4S2/c1-7-12(24-9(3)16-7)13-17-18-15(22-13)23-8(2)10-5-6-11(21-10)14(19)20-4/h5-6,8H,1-4H3/t8-/m0/s1. The first kappa shape index (κ1) is 16.7. The molecule has 0 aromatic carbocycles. The number of aromatic nitrogens is 3. The van der Waals surface area contributed by atoms with E-state index in [1.807, 2.05) is 20.8 Å². The Labute approximate surface area is 146 Å². The first-order chi connectivity index (χ1) is 11.5. The molecule has 0 radical (unpaired) electrons. The van der Waals surface area contributed by atoms with Gasteiger partial charge in [-0.1, -0.05) is 11.8 Å². The van der Waals surface area contributed by atoms with E-state index < -0.39 is 5.97 Å². The van der Waals surface area contributed by atoms with Crippen LogP contribution in [0.15, 0.2) is 26.2 Å². The van der Waals surface area contributed by atoms with Crippen LogP contribution in [0.4, 0.5) is 0 Å². The molecular formula is C15H15N3O4S2. The van der Waals surface area contributed by atoms with Gasteiger partial charge in [0.05, 0.1) is 23.1 Å². The topological polar surface area (TPSA) is 91.2 Å². The van der Waals surface area contributed by atoms with Gasteiger partial charge in [0.15, 0.2) is 0 Å². The summed E-state index contributed by atoms with van der Waals surface area (Å²) in [5.74, 6) is 0.754. The summed E-state index contributed by atoms with van der Waals surface area (Å²) in [6.07, 6.45) is 0. The summed E-state index contributed by atoms with van der Waals surface area (Å²) >= 11 is 2.87. The molecule has 0 saturated heterocycles. The zero-order valence-corrected chi connectivity index (χ0v) is 15.2. The molecule has 126 valence electrons. The van der Waals surface area contributed by atoms with Crippen molar-refractivity contribution in [2.24, 2.45) is 0 Å². The maximum absolute atomic E-state index is 11.4. The van der Waals surface area contributed by atoms with Gasteiger partial charge in [0.2, 0.25) is 5.76 Å². The fourth-order valence-electron chi connectivity index (χ4n) is 2.07. The van der Waals surface area contributed by atoms with Crippen LogP contribution in [0.5, 0.6) is 0 Å². The summed E-state index contributed by atoms with van der Waals surface area (Å²) in [6, 6.07) is 3.32. The zero-order chi connectivity index (χ0) is 17.3. The second-order valence-corrected chi connectivity index (χ2v) is 7.47. The Bertz CT molecular complexity index is 868. The molecule has 3 aromatic rings. The highest BCUT2D eigenvalue weighted by Crippen LogP contribution is 2.37. The summed E-state index contributed by atoms with van der Waals surface area (Å²) in [5.41, 5.74) is 0.875. The minimum atomic E-state index is -0.505. The largest absolute Gasteiger partial charge is 0.463 e. The first-order valence-electron chi connectivity index (χ1n) is 7.10. The van der Waals surface area contributed by atoms with Crippen molar-refractivity contribution in [1.29, 1.82) is 0 Å². The lowest BCUT2D eigenvalue weighted by molar-refractivity contribution is 0.0563. The van der Waals surface area contributed by atoms with E-state index in [0.29, 0.717) is 16.9 Å². The van der Waals surface area contributed by atoms with Crippen LogP contribution >= 0.6 is 23.1 Å². The van der Waals surface area contributed by atoms with Gasteiger partial charge < -0.3 is 13.6 Å². The van der Waals surface area contributed by atoms with Gasteiger partial charge in [0.1, 0.15) is 10.6 Å². The van der Waals surface area contributed by atoms with E-state index in [1.165, 1.54) is 30.2 Å². The minimum absolute atomic E-state index is 0.0963. The third kappa shape index (κ3) is 3.36. The normalized spacial score (nSPS) is 12.3. The zero-order valence-electron chi connectivity index (χ0n) is 13.5. The van der Waals surface area contributed by atoms with Crippen LogP contribution in [0.1, 0.15) is 39.2 Å². The monoisotopic (exact) mass is 365 g/mol. The highest BCUT2D eigenvalue weighted by molar-refractivity contribution is 7.99. The molecule has 7 nitrogen and oxygen atoms in total. The molecule has 1 atom stereocenters. The lowest BCUT2D eigenvalue weighted by atomic mass is 10.3. The predicted octanol–water partition coefficient (Wildman–Crippen LogP) is 4.04. The van der Waals surface area contributed by atoms with E-state index in [4.69, 9.17) is 8.83 Å². The number of esters is 1. The number of thiazole rings is 1. The van der Waals surface area contributed by atoms with Crippen molar-refractivity contribution >= 4 is 29.1 Å². The molecule has 0 bridgehead atoms. The lowest BCUT2D eigenvalue weighted by Gasteiger charge is -2.03. The Balaban J connectivity index is 1.73. The van der Waals surface area contributed by atoms with Crippen LogP contribution in [0, 0.1) is 13.8 Å². The molecule has 0 unspecified atom stereocenters. The van der Waals surface area contributed by atoms with Crippen molar-refractivity contribution in [1.82, 2.24) is 15.2 Å². The highest BCUT2D eigenvalue weighted by atomic mass is 32.2. The van der Waals surface area contributed by atoms with Gasteiger partial charge in [-0.2, -0.15) is 0 Å². The number of nitrogens with zero attached hydrogens (tertiary/aromatic N) is 3. The molecule has 3 heterocycles. The predicted molar refractivity (Wildman–Crippen MR) is 89.2 cm³/mol. The van der Waals surface area contributed by atoms with Crippen LogP contribution in [0.25, 0.3) is 10.8 Å². The van der Waals surface area contributed by atoms with Gasteiger partial charge in [-0.25, -0.2) is 9.78 Å². The van der Waals surface area contributed by atoms with Crippen LogP contribution in [0.3, 0.4) is 0 Å². The Morgan fingerprint density at radius 1 is 1.29 bits per heavy atom. The molecule has 0 fully saturated rings. The van der Waals surface area contributed by atoms with E-state index in [2.05, 4.69) is 19.9 Å². The Kier molecular flexibility index (Phi) is 4.72. The van der Waals surface area contributed by atoms with Gasteiger partial charge in [-0.3, -0.25) is 0 Å². The van der Waals surface area contributed by atoms with E-state index in [9.17, 15) is 4.79 Å². The Morgan fingerprint density at radius 3 is 2.75 bits per heavy atom.